The molecule has 144 valence electrons. The van der Waals surface area contributed by atoms with E-state index in [1.165, 1.54) is 0 Å². The first-order valence-corrected chi connectivity index (χ1v) is 9.58. The van der Waals surface area contributed by atoms with E-state index in [4.69, 9.17) is 10.00 Å². The lowest BCUT2D eigenvalue weighted by Crippen LogP contribution is -2.39. The fourth-order valence-electron chi connectivity index (χ4n) is 3.95. The van der Waals surface area contributed by atoms with Gasteiger partial charge in [0, 0.05) is 24.1 Å². The maximum Gasteiger partial charge on any atom is 0.269 e. The monoisotopic (exact) mass is 385 g/mol. The van der Waals surface area contributed by atoms with Crippen LogP contribution in [-0.4, -0.2) is 39.6 Å². The van der Waals surface area contributed by atoms with E-state index >= 15 is 0 Å². The minimum absolute atomic E-state index is 0.00704. The molecule has 1 amide bonds. The molecule has 0 radical (unpaired) electrons. The molecule has 2 aromatic carbocycles. The first-order valence-electron chi connectivity index (χ1n) is 9.58. The number of benzene rings is 2. The molecule has 2 fully saturated rings. The van der Waals surface area contributed by atoms with Crippen LogP contribution in [-0.2, 0) is 0 Å². The van der Waals surface area contributed by atoms with E-state index < -0.39 is 0 Å². The van der Waals surface area contributed by atoms with Gasteiger partial charge >= 0.3 is 0 Å². The molecule has 2 heterocycles. The van der Waals surface area contributed by atoms with Crippen molar-refractivity contribution in [3.05, 3.63) is 66.4 Å². The molecule has 7 heteroatoms. The third-order valence-corrected chi connectivity index (χ3v) is 5.52. The highest BCUT2D eigenvalue weighted by atomic mass is 16.5. The summed E-state index contributed by atoms with van der Waals surface area (Å²) < 4.78 is 5.99. The molecule has 3 atom stereocenters. The van der Waals surface area contributed by atoms with Crippen LogP contribution in [0.1, 0.15) is 16.9 Å². The lowest BCUT2D eigenvalue weighted by atomic mass is 10.1. The number of hydrogen-bond donors (Lipinski definition) is 2. The van der Waals surface area contributed by atoms with Crippen LogP contribution < -0.4 is 10.1 Å². The number of fused-ring (bicyclic) bond motifs is 1. The lowest BCUT2D eigenvalue weighted by Gasteiger charge is -2.15. The number of rotatable bonds is 5. The standard InChI is InChI=1S/C22H19N5O2/c23-13-27-12-19(16-10-20(16)27)24-22(28)18-11-17(25-26-18)15-8-4-5-9-21(15)29-14-6-2-1-3-7-14/h1-9,11,16,19-20H,10,12H2,(H,24,28)(H,25,26)/t16?,19-,20+/m1/s1. The van der Waals surface area contributed by atoms with Crippen LogP contribution in [0, 0.1) is 17.4 Å². The molecule has 2 N–H and O–H groups in total. The Morgan fingerprint density at radius 3 is 2.79 bits per heavy atom. The molecule has 1 saturated heterocycles. The van der Waals surface area contributed by atoms with Crippen molar-refractivity contribution in [2.45, 2.75) is 18.5 Å². The molecule has 3 aromatic rings. The van der Waals surface area contributed by atoms with Gasteiger partial charge in [0.25, 0.3) is 5.91 Å². The third-order valence-electron chi connectivity index (χ3n) is 5.52. The highest BCUT2D eigenvalue weighted by Crippen LogP contribution is 2.44. The van der Waals surface area contributed by atoms with Crippen molar-refractivity contribution >= 4 is 5.91 Å². The molecule has 1 unspecified atom stereocenters. The minimum Gasteiger partial charge on any atom is -0.457 e. The Balaban J connectivity index is 1.33. The number of hydrogen-bond acceptors (Lipinski definition) is 5. The zero-order chi connectivity index (χ0) is 19.8. The maximum absolute atomic E-state index is 12.7. The quantitative estimate of drug-likeness (QED) is 0.658. The SMILES string of the molecule is N#CN1C[C@@H](NC(=O)c2cc(-c3ccccc3Oc3ccccc3)n[nH]2)C2C[C@@H]21. The van der Waals surface area contributed by atoms with Gasteiger partial charge < -0.3 is 15.0 Å². The lowest BCUT2D eigenvalue weighted by molar-refractivity contribution is 0.0928. The summed E-state index contributed by atoms with van der Waals surface area (Å²) in [7, 11) is 0. The van der Waals surface area contributed by atoms with Gasteiger partial charge in [0.1, 0.15) is 17.2 Å². The van der Waals surface area contributed by atoms with Crippen LogP contribution in [0.5, 0.6) is 11.5 Å². The predicted molar refractivity (Wildman–Crippen MR) is 106 cm³/mol. The highest BCUT2D eigenvalue weighted by molar-refractivity contribution is 5.93. The van der Waals surface area contributed by atoms with E-state index in [1.54, 1.807) is 11.0 Å². The first-order chi connectivity index (χ1) is 14.2. The fourth-order valence-corrected chi connectivity index (χ4v) is 3.95. The molecule has 29 heavy (non-hydrogen) atoms. The minimum atomic E-state index is -0.208. The predicted octanol–water partition coefficient (Wildman–Crippen LogP) is 3.15. The van der Waals surface area contributed by atoms with E-state index in [9.17, 15) is 4.79 Å². The van der Waals surface area contributed by atoms with Crippen LogP contribution >= 0.6 is 0 Å². The second-order valence-electron chi connectivity index (χ2n) is 7.38. The molecule has 1 aliphatic carbocycles. The number of aromatic amines is 1. The van der Waals surface area contributed by atoms with E-state index in [1.807, 2.05) is 54.6 Å². The van der Waals surface area contributed by atoms with Gasteiger partial charge in [-0.1, -0.05) is 30.3 Å². The number of amides is 1. The number of nitrogens with one attached hydrogen (secondary N) is 2. The summed E-state index contributed by atoms with van der Waals surface area (Å²) in [6.45, 7) is 0.576. The zero-order valence-electron chi connectivity index (χ0n) is 15.6. The van der Waals surface area contributed by atoms with Gasteiger partial charge in [-0.15, -0.1) is 0 Å². The van der Waals surface area contributed by atoms with Gasteiger partial charge in [-0.2, -0.15) is 10.4 Å². The molecule has 1 saturated carbocycles. The summed E-state index contributed by atoms with van der Waals surface area (Å²) >= 11 is 0. The van der Waals surface area contributed by atoms with Crippen molar-refractivity contribution in [2.75, 3.05) is 6.54 Å². The van der Waals surface area contributed by atoms with Gasteiger partial charge in [-0.25, -0.2) is 0 Å². The molecule has 7 nitrogen and oxygen atoms in total. The molecular weight excluding hydrogens is 366 g/mol. The number of aromatic nitrogens is 2. The van der Waals surface area contributed by atoms with E-state index in [0.29, 0.717) is 35.6 Å². The van der Waals surface area contributed by atoms with Crippen molar-refractivity contribution in [3.8, 4) is 28.9 Å². The number of ether oxygens (including phenoxy) is 1. The third kappa shape index (κ3) is 3.29. The normalized spacial score (nSPS) is 21.9. The second kappa shape index (κ2) is 6.99. The van der Waals surface area contributed by atoms with Gasteiger partial charge in [-0.05, 0) is 36.8 Å². The summed E-state index contributed by atoms with van der Waals surface area (Å²) in [6.07, 6.45) is 3.17. The Morgan fingerprint density at radius 1 is 1.21 bits per heavy atom. The van der Waals surface area contributed by atoms with E-state index in [-0.39, 0.29) is 11.9 Å². The topological polar surface area (TPSA) is 94.0 Å². The van der Waals surface area contributed by atoms with Crippen LogP contribution in [0.2, 0.25) is 0 Å². The molecule has 5 rings (SSSR count). The smallest absolute Gasteiger partial charge is 0.269 e. The molecule has 0 bridgehead atoms. The number of likely N-dealkylation sites (tertiary alicyclic amines) is 1. The van der Waals surface area contributed by atoms with E-state index in [2.05, 4.69) is 21.7 Å². The first kappa shape index (κ1) is 17.3. The number of para-hydroxylation sites is 2. The van der Waals surface area contributed by atoms with Crippen LogP contribution in [0.25, 0.3) is 11.3 Å². The Bertz CT molecular complexity index is 1090. The Kier molecular flexibility index (Phi) is 4.17. The van der Waals surface area contributed by atoms with E-state index in [0.717, 1.165) is 17.7 Å². The molecule has 2 aliphatic rings. The molecule has 1 aromatic heterocycles. The largest absolute Gasteiger partial charge is 0.457 e. The number of nitriles is 1. The second-order valence-corrected chi connectivity index (χ2v) is 7.38. The van der Waals surface area contributed by atoms with Crippen molar-refractivity contribution in [3.63, 3.8) is 0 Å². The summed E-state index contributed by atoms with van der Waals surface area (Å²) in [6, 6.07) is 19.1. The summed E-state index contributed by atoms with van der Waals surface area (Å²) in [5.41, 5.74) is 1.82. The number of H-pyrrole nitrogens is 1. The molecule has 1 aliphatic heterocycles. The average Bonchev–Trinajstić information content (AvgIpc) is 3.25. The fraction of sp³-hybridized carbons (Fsp3) is 0.227. The van der Waals surface area contributed by atoms with Gasteiger partial charge in [-0.3, -0.25) is 9.89 Å². The molecule has 0 spiro atoms. The molecular formula is C22H19N5O2. The number of nitrogens with zero attached hydrogens (tertiary/aromatic N) is 3. The van der Waals surface area contributed by atoms with Crippen LogP contribution in [0.4, 0.5) is 0 Å². The van der Waals surface area contributed by atoms with Gasteiger partial charge in [0.05, 0.1) is 11.7 Å². The summed E-state index contributed by atoms with van der Waals surface area (Å²) in [5.74, 6) is 1.57. The van der Waals surface area contributed by atoms with Crippen molar-refractivity contribution in [2.24, 2.45) is 5.92 Å². The Morgan fingerprint density at radius 2 is 2.00 bits per heavy atom. The average molecular weight is 385 g/mol. The Labute approximate surface area is 167 Å². The Hall–Kier alpha value is -3.79. The number of piperidine rings is 1. The zero-order valence-corrected chi connectivity index (χ0v) is 15.6. The van der Waals surface area contributed by atoms with Gasteiger partial charge in [0.15, 0.2) is 6.19 Å². The number of carbonyl (C=O) groups excluding carboxylic acids is 1. The van der Waals surface area contributed by atoms with Crippen molar-refractivity contribution in [1.82, 2.24) is 20.4 Å². The van der Waals surface area contributed by atoms with Crippen molar-refractivity contribution < 1.29 is 9.53 Å². The van der Waals surface area contributed by atoms with Gasteiger partial charge in [0.2, 0.25) is 0 Å². The van der Waals surface area contributed by atoms with Crippen LogP contribution in [0.3, 0.4) is 0 Å². The van der Waals surface area contributed by atoms with Crippen molar-refractivity contribution in [1.29, 1.82) is 5.26 Å². The highest BCUT2D eigenvalue weighted by Gasteiger charge is 2.54. The summed E-state index contributed by atoms with van der Waals surface area (Å²) in [5, 5.41) is 19.3. The number of carbonyl (C=O) groups is 1. The maximum atomic E-state index is 12.7. The van der Waals surface area contributed by atoms with Crippen LogP contribution in [0.15, 0.2) is 60.7 Å². The summed E-state index contributed by atoms with van der Waals surface area (Å²) in [4.78, 5) is 14.4.